The maximum Gasteiger partial charge on any atom is 0.264 e. The van der Waals surface area contributed by atoms with Crippen LogP contribution in [0, 0.1) is 20.8 Å². The standard InChI is InChI=1S/C22H25N5O3/c1-14-7-9-26(13-17-12-23-15(2)11-24-17)21(28)20(14)22(29)27-8-5-4-6-19(27)18-10-16(3)30-25-18/h7,9-12,19H,4-6,8,13H2,1-3H3. The highest BCUT2D eigenvalue weighted by atomic mass is 16.5. The fourth-order valence-corrected chi connectivity index (χ4v) is 3.89. The lowest BCUT2D eigenvalue weighted by Crippen LogP contribution is -2.42. The zero-order valence-electron chi connectivity index (χ0n) is 17.5. The first-order valence-corrected chi connectivity index (χ1v) is 10.2. The summed E-state index contributed by atoms with van der Waals surface area (Å²) >= 11 is 0. The third-order valence-electron chi connectivity index (χ3n) is 5.51. The third kappa shape index (κ3) is 3.90. The second kappa shape index (κ2) is 8.22. The summed E-state index contributed by atoms with van der Waals surface area (Å²) in [5.74, 6) is 0.452. The van der Waals surface area contributed by atoms with Gasteiger partial charge < -0.3 is 14.0 Å². The van der Waals surface area contributed by atoms with Crippen molar-refractivity contribution in [2.24, 2.45) is 0 Å². The monoisotopic (exact) mass is 407 g/mol. The Kier molecular flexibility index (Phi) is 5.48. The minimum Gasteiger partial charge on any atom is -0.361 e. The normalized spacial score (nSPS) is 16.6. The quantitative estimate of drug-likeness (QED) is 0.660. The second-order valence-corrected chi connectivity index (χ2v) is 7.83. The third-order valence-corrected chi connectivity index (χ3v) is 5.51. The molecule has 0 aliphatic carbocycles. The van der Waals surface area contributed by atoms with Crippen LogP contribution in [0.3, 0.4) is 0 Å². The molecule has 1 fully saturated rings. The number of piperidine rings is 1. The Morgan fingerprint density at radius 3 is 2.73 bits per heavy atom. The van der Waals surface area contributed by atoms with Gasteiger partial charge in [0.2, 0.25) is 0 Å². The van der Waals surface area contributed by atoms with Gasteiger partial charge in [-0.05, 0) is 51.7 Å². The summed E-state index contributed by atoms with van der Waals surface area (Å²) in [6.45, 7) is 6.34. The number of aryl methyl sites for hydroxylation is 3. The molecule has 0 bridgehead atoms. The highest BCUT2D eigenvalue weighted by molar-refractivity contribution is 5.95. The minimum atomic E-state index is -0.317. The van der Waals surface area contributed by atoms with E-state index in [9.17, 15) is 9.59 Å². The lowest BCUT2D eigenvalue weighted by atomic mass is 9.97. The molecule has 4 heterocycles. The molecule has 0 saturated carbocycles. The van der Waals surface area contributed by atoms with E-state index in [-0.39, 0.29) is 29.6 Å². The van der Waals surface area contributed by atoms with Gasteiger partial charge in [0.15, 0.2) is 0 Å². The molecule has 0 radical (unpaired) electrons. The molecule has 0 N–H and O–H groups in total. The second-order valence-electron chi connectivity index (χ2n) is 7.83. The number of hydrogen-bond donors (Lipinski definition) is 0. The Morgan fingerprint density at radius 2 is 2.03 bits per heavy atom. The van der Waals surface area contributed by atoms with Gasteiger partial charge in [-0.15, -0.1) is 0 Å². The van der Waals surface area contributed by atoms with Crippen LogP contribution in [-0.4, -0.2) is 37.0 Å². The fourth-order valence-electron chi connectivity index (χ4n) is 3.89. The molecule has 1 aliphatic heterocycles. The van der Waals surface area contributed by atoms with Gasteiger partial charge in [-0.1, -0.05) is 5.16 Å². The maximum atomic E-state index is 13.5. The minimum absolute atomic E-state index is 0.181. The number of rotatable bonds is 4. The summed E-state index contributed by atoms with van der Waals surface area (Å²) in [6, 6.07) is 3.48. The first kappa shape index (κ1) is 20.0. The number of pyridine rings is 1. The van der Waals surface area contributed by atoms with Crippen LogP contribution in [0.15, 0.2) is 40.0 Å². The number of aromatic nitrogens is 4. The molecule has 1 aliphatic rings. The molecule has 156 valence electrons. The van der Waals surface area contributed by atoms with Crippen LogP contribution < -0.4 is 5.56 Å². The molecule has 0 aromatic carbocycles. The molecule has 8 heteroatoms. The van der Waals surface area contributed by atoms with E-state index < -0.39 is 0 Å². The van der Waals surface area contributed by atoms with Crippen LogP contribution in [0.25, 0.3) is 0 Å². The van der Waals surface area contributed by atoms with Crippen molar-refractivity contribution < 1.29 is 9.32 Å². The van der Waals surface area contributed by atoms with Gasteiger partial charge in [0, 0.05) is 25.0 Å². The number of carbonyl (C=O) groups excluding carboxylic acids is 1. The van der Waals surface area contributed by atoms with Gasteiger partial charge >= 0.3 is 0 Å². The summed E-state index contributed by atoms with van der Waals surface area (Å²) in [5.41, 5.74) is 2.76. The SMILES string of the molecule is Cc1cnc(Cn2ccc(C)c(C(=O)N3CCCCC3c3cc(C)on3)c2=O)cn1. The largest absolute Gasteiger partial charge is 0.361 e. The Balaban J connectivity index is 1.67. The molecule has 30 heavy (non-hydrogen) atoms. The lowest BCUT2D eigenvalue weighted by molar-refractivity contribution is 0.0598. The van der Waals surface area contributed by atoms with E-state index in [0.29, 0.717) is 23.6 Å². The molecule has 1 amide bonds. The lowest BCUT2D eigenvalue weighted by Gasteiger charge is -2.34. The van der Waals surface area contributed by atoms with Gasteiger partial charge in [0.1, 0.15) is 17.0 Å². The molecule has 3 aromatic heterocycles. The van der Waals surface area contributed by atoms with Crippen molar-refractivity contribution in [2.75, 3.05) is 6.54 Å². The van der Waals surface area contributed by atoms with Crippen molar-refractivity contribution in [3.05, 3.63) is 75.0 Å². The molecule has 1 unspecified atom stereocenters. The number of amides is 1. The van der Waals surface area contributed by atoms with Gasteiger partial charge in [-0.25, -0.2) is 0 Å². The van der Waals surface area contributed by atoms with Crippen molar-refractivity contribution >= 4 is 5.91 Å². The van der Waals surface area contributed by atoms with Crippen molar-refractivity contribution in [3.63, 3.8) is 0 Å². The van der Waals surface area contributed by atoms with E-state index in [4.69, 9.17) is 4.52 Å². The van der Waals surface area contributed by atoms with E-state index in [1.54, 1.807) is 36.5 Å². The summed E-state index contributed by atoms with van der Waals surface area (Å²) in [5, 5.41) is 4.12. The van der Waals surface area contributed by atoms with E-state index in [1.807, 2.05) is 19.9 Å². The molecule has 1 atom stereocenters. The highest BCUT2D eigenvalue weighted by Crippen LogP contribution is 2.31. The smallest absolute Gasteiger partial charge is 0.264 e. The van der Waals surface area contributed by atoms with Crippen LogP contribution in [0.2, 0.25) is 0 Å². The van der Waals surface area contributed by atoms with Gasteiger partial charge in [-0.3, -0.25) is 19.6 Å². The summed E-state index contributed by atoms with van der Waals surface area (Å²) in [7, 11) is 0. The summed E-state index contributed by atoms with van der Waals surface area (Å²) in [6.07, 6.45) is 7.72. The van der Waals surface area contributed by atoms with E-state index in [1.165, 1.54) is 4.57 Å². The van der Waals surface area contributed by atoms with Crippen LogP contribution in [-0.2, 0) is 6.54 Å². The predicted octanol–water partition coefficient (Wildman–Crippen LogP) is 2.97. The van der Waals surface area contributed by atoms with Gasteiger partial charge in [0.25, 0.3) is 11.5 Å². The zero-order chi connectivity index (χ0) is 21.3. The van der Waals surface area contributed by atoms with Gasteiger partial charge in [-0.2, -0.15) is 0 Å². The Labute approximate surface area is 174 Å². The van der Waals surface area contributed by atoms with Crippen molar-refractivity contribution in [1.82, 2.24) is 24.6 Å². The van der Waals surface area contributed by atoms with Crippen LogP contribution in [0.5, 0.6) is 0 Å². The number of hydrogen-bond acceptors (Lipinski definition) is 6. The van der Waals surface area contributed by atoms with Crippen LogP contribution >= 0.6 is 0 Å². The van der Waals surface area contributed by atoms with Crippen molar-refractivity contribution in [3.8, 4) is 0 Å². The first-order chi connectivity index (χ1) is 14.4. The van der Waals surface area contributed by atoms with Crippen LogP contribution in [0.4, 0.5) is 0 Å². The molecular weight excluding hydrogens is 382 g/mol. The summed E-state index contributed by atoms with van der Waals surface area (Å²) in [4.78, 5) is 37.0. The Bertz CT molecular complexity index is 1120. The topological polar surface area (TPSA) is 94.1 Å². The first-order valence-electron chi connectivity index (χ1n) is 10.2. The van der Waals surface area contributed by atoms with Gasteiger partial charge in [0.05, 0.1) is 30.2 Å². The fraction of sp³-hybridized carbons (Fsp3) is 0.409. The predicted molar refractivity (Wildman–Crippen MR) is 110 cm³/mol. The molecule has 8 nitrogen and oxygen atoms in total. The Morgan fingerprint density at radius 1 is 1.20 bits per heavy atom. The average Bonchev–Trinajstić information content (AvgIpc) is 3.18. The van der Waals surface area contributed by atoms with E-state index >= 15 is 0 Å². The number of nitrogens with zero attached hydrogens (tertiary/aromatic N) is 5. The van der Waals surface area contributed by atoms with Crippen molar-refractivity contribution in [1.29, 1.82) is 0 Å². The molecule has 1 saturated heterocycles. The van der Waals surface area contributed by atoms with Crippen molar-refractivity contribution in [2.45, 2.75) is 52.6 Å². The maximum absolute atomic E-state index is 13.5. The van der Waals surface area contributed by atoms with Crippen LogP contribution in [0.1, 0.15) is 64.1 Å². The Hall–Kier alpha value is -3.29. The molecule has 3 aromatic rings. The zero-order valence-corrected chi connectivity index (χ0v) is 17.5. The molecule has 0 spiro atoms. The molecular formula is C22H25N5O3. The summed E-state index contributed by atoms with van der Waals surface area (Å²) < 4.78 is 6.74. The number of likely N-dealkylation sites (tertiary alicyclic amines) is 1. The molecule has 4 rings (SSSR count). The van der Waals surface area contributed by atoms with E-state index in [2.05, 4.69) is 15.1 Å². The number of carbonyl (C=O) groups is 1. The van der Waals surface area contributed by atoms with E-state index in [0.717, 1.165) is 30.7 Å². The average molecular weight is 407 g/mol. The highest BCUT2D eigenvalue weighted by Gasteiger charge is 2.32.